The second-order valence-electron chi connectivity index (χ2n) is 21.5. The van der Waals surface area contributed by atoms with Gasteiger partial charge in [-0.3, -0.25) is 0 Å². The van der Waals surface area contributed by atoms with Crippen LogP contribution in [0.1, 0.15) is 63.8 Å². The lowest BCUT2D eigenvalue weighted by Crippen LogP contribution is -2.11. The molecule has 0 atom stereocenters. The van der Waals surface area contributed by atoms with E-state index in [1.54, 1.807) is 0 Å². The van der Waals surface area contributed by atoms with Crippen LogP contribution in [-0.2, 0) is 10.8 Å². The lowest BCUT2D eigenvalue weighted by Gasteiger charge is -2.27. The molecule has 0 saturated heterocycles. The summed E-state index contributed by atoms with van der Waals surface area (Å²) in [5.74, 6) is 0. The smallest absolute Gasteiger partial charge is 0.159 e. The molecule has 0 unspecified atom stereocenters. The molecule has 0 bridgehead atoms. The quantitative estimate of drug-likeness (QED) is 0.166. The minimum atomic E-state index is -0.111. The highest BCUT2D eigenvalue weighted by Gasteiger charge is 2.29. The minimum absolute atomic E-state index is 0.111. The third-order valence-corrected chi connectivity index (χ3v) is 14.6. The monoisotopic (exact) mass is 922 g/mol. The van der Waals surface area contributed by atoms with Gasteiger partial charge in [-0.25, -0.2) is 0 Å². The molecule has 0 aliphatic carbocycles. The molecule has 13 aromatic rings. The maximum atomic E-state index is 7.24. The average molecular weight is 923 g/mol. The lowest BCUT2D eigenvalue weighted by atomic mass is 9.86. The molecule has 0 radical (unpaired) electrons. The number of fused-ring (bicyclic) bond motifs is 13. The molecule has 0 amide bonds. The molecule has 0 aliphatic rings. The summed E-state index contributed by atoms with van der Waals surface area (Å²) in [6, 6.07) is 65.8. The van der Waals surface area contributed by atoms with Crippen LogP contribution in [0.2, 0.25) is 0 Å². The predicted molar refractivity (Wildman–Crippen MR) is 300 cm³/mol. The molecule has 0 saturated carbocycles. The van der Waals surface area contributed by atoms with E-state index in [1.165, 1.54) is 22.3 Å². The highest BCUT2D eigenvalue weighted by atomic mass is 16.3. The molecule has 5 nitrogen and oxygen atoms in total. The molecule has 0 aliphatic heterocycles. The standard InChI is InChI=1S/C66H54N2O3/c1-39-29-33-41(34-30-39)67(55-27-15-23-49-47-21-13-25-53(65(3,4)5)61(47)70-63(49)55)57-37-51-52-38-58(44-18-10-12-20-46(44)60(52)69-59(51)45-19-11-9-17-43(45)57)68(42-35-31-40(2)32-36-42)56-28-16-24-50-48-22-14-26-54(66(6,7)8)62(48)71-64(50)56/h9-38H,1-8H3. The maximum Gasteiger partial charge on any atom is 0.159 e. The van der Waals surface area contributed by atoms with Crippen LogP contribution in [-0.4, -0.2) is 0 Å². The SMILES string of the molecule is Cc1ccc(N(c2cc3c4cc(N(c5ccc(C)cc5)c5cccc6c5oc5c(C(C)(C)C)cccc56)c5ccccc5c4oc3c3ccccc23)c2cccc3c2oc2c(C(C)(C)C)cccc23)cc1. The van der Waals surface area contributed by atoms with Gasteiger partial charge in [0.15, 0.2) is 11.2 Å². The van der Waals surface area contributed by atoms with Gasteiger partial charge in [0.05, 0.1) is 22.7 Å². The summed E-state index contributed by atoms with van der Waals surface area (Å²) < 4.78 is 21.5. The summed E-state index contributed by atoms with van der Waals surface area (Å²) in [5.41, 5.74) is 15.8. The third kappa shape index (κ3) is 6.67. The van der Waals surface area contributed by atoms with Crippen molar-refractivity contribution >= 4 is 121 Å². The second-order valence-corrected chi connectivity index (χ2v) is 21.5. The Morgan fingerprint density at radius 2 is 0.592 bits per heavy atom. The number of furan rings is 3. The Kier molecular flexibility index (Phi) is 9.41. The van der Waals surface area contributed by atoms with Crippen molar-refractivity contribution in [3.8, 4) is 0 Å². The first-order chi connectivity index (χ1) is 34.3. The van der Waals surface area contributed by atoms with E-state index in [1.807, 2.05) is 0 Å². The van der Waals surface area contributed by atoms with E-state index < -0.39 is 0 Å². The second kappa shape index (κ2) is 15.6. The summed E-state index contributed by atoms with van der Waals surface area (Å²) in [5, 5.41) is 10.6. The van der Waals surface area contributed by atoms with Gasteiger partial charge in [0.2, 0.25) is 0 Å². The number of aryl methyl sites for hydroxylation is 2. The van der Waals surface area contributed by atoms with Crippen molar-refractivity contribution in [2.75, 3.05) is 9.80 Å². The van der Waals surface area contributed by atoms with Gasteiger partial charge in [0.25, 0.3) is 0 Å². The lowest BCUT2D eigenvalue weighted by molar-refractivity contribution is 0.572. The van der Waals surface area contributed by atoms with E-state index in [2.05, 4.69) is 247 Å². The highest BCUT2D eigenvalue weighted by Crippen LogP contribution is 2.52. The van der Waals surface area contributed by atoms with Crippen LogP contribution in [0.4, 0.5) is 34.1 Å². The van der Waals surface area contributed by atoms with Crippen molar-refractivity contribution in [2.24, 2.45) is 0 Å². The number of hydrogen-bond acceptors (Lipinski definition) is 5. The van der Waals surface area contributed by atoms with Crippen LogP contribution in [0.15, 0.2) is 195 Å². The summed E-state index contributed by atoms with van der Waals surface area (Å²) >= 11 is 0. The van der Waals surface area contributed by atoms with Crippen LogP contribution in [0.5, 0.6) is 0 Å². The van der Waals surface area contributed by atoms with Crippen LogP contribution in [0.25, 0.3) is 87.4 Å². The highest BCUT2D eigenvalue weighted by molar-refractivity contribution is 6.26. The molecule has 13 rings (SSSR count). The minimum Gasteiger partial charge on any atom is -0.455 e. The number of rotatable bonds is 6. The Bertz CT molecular complexity index is 3990. The Hall–Kier alpha value is -8.28. The largest absolute Gasteiger partial charge is 0.455 e. The first-order valence-electron chi connectivity index (χ1n) is 24.7. The fraction of sp³-hybridized carbons (Fsp3) is 0.152. The molecule has 0 spiro atoms. The molecular weight excluding hydrogens is 869 g/mol. The summed E-state index contributed by atoms with van der Waals surface area (Å²) in [4.78, 5) is 4.77. The molecule has 3 aromatic heterocycles. The normalized spacial score (nSPS) is 12.5. The summed E-state index contributed by atoms with van der Waals surface area (Å²) in [6.45, 7) is 17.8. The van der Waals surface area contributed by atoms with Crippen LogP contribution < -0.4 is 9.80 Å². The molecule has 0 N–H and O–H groups in total. The number of para-hydroxylation sites is 4. The summed E-state index contributed by atoms with van der Waals surface area (Å²) in [6.07, 6.45) is 0. The topological polar surface area (TPSA) is 45.9 Å². The molecule has 3 heterocycles. The van der Waals surface area contributed by atoms with Crippen LogP contribution in [0, 0.1) is 13.8 Å². The first-order valence-corrected chi connectivity index (χ1v) is 24.7. The van der Waals surface area contributed by atoms with Crippen molar-refractivity contribution in [3.05, 3.63) is 204 Å². The van der Waals surface area contributed by atoms with Gasteiger partial charge in [-0.15, -0.1) is 0 Å². The van der Waals surface area contributed by atoms with E-state index in [-0.39, 0.29) is 10.8 Å². The molecular formula is C66H54N2O3. The summed E-state index contributed by atoms with van der Waals surface area (Å²) in [7, 11) is 0. The Morgan fingerprint density at radius 1 is 0.282 bits per heavy atom. The maximum absolute atomic E-state index is 7.24. The van der Waals surface area contributed by atoms with Gasteiger partial charge in [0.1, 0.15) is 22.3 Å². The number of anilines is 6. The zero-order chi connectivity index (χ0) is 48.5. The Labute approximate surface area is 413 Å². The average Bonchev–Trinajstić information content (AvgIpc) is 4.07. The fourth-order valence-corrected chi connectivity index (χ4v) is 11.1. The molecule has 10 aromatic carbocycles. The van der Waals surface area contributed by atoms with Gasteiger partial charge < -0.3 is 23.1 Å². The fourth-order valence-electron chi connectivity index (χ4n) is 11.1. The molecule has 71 heavy (non-hydrogen) atoms. The van der Waals surface area contributed by atoms with Gasteiger partial charge in [0, 0.05) is 76.4 Å². The van der Waals surface area contributed by atoms with Gasteiger partial charge in [-0.2, -0.15) is 0 Å². The van der Waals surface area contributed by atoms with E-state index in [9.17, 15) is 0 Å². The van der Waals surface area contributed by atoms with Crippen molar-refractivity contribution in [1.29, 1.82) is 0 Å². The van der Waals surface area contributed by atoms with E-state index >= 15 is 0 Å². The molecule has 346 valence electrons. The molecule has 5 heteroatoms. The van der Waals surface area contributed by atoms with Crippen molar-refractivity contribution in [2.45, 2.75) is 66.2 Å². The zero-order valence-electron chi connectivity index (χ0n) is 41.4. The van der Waals surface area contributed by atoms with Gasteiger partial charge >= 0.3 is 0 Å². The van der Waals surface area contributed by atoms with Crippen molar-refractivity contribution in [3.63, 3.8) is 0 Å². The van der Waals surface area contributed by atoms with Crippen LogP contribution >= 0.6 is 0 Å². The van der Waals surface area contributed by atoms with E-state index in [0.29, 0.717) is 0 Å². The number of benzene rings is 10. The Morgan fingerprint density at radius 3 is 0.972 bits per heavy atom. The zero-order valence-corrected chi connectivity index (χ0v) is 41.4. The predicted octanol–water partition coefficient (Wildman–Crippen LogP) is 19.8. The van der Waals surface area contributed by atoms with E-state index in [0.717, 1.165) is 121 Å². The Balaban J connectivity index is 1.12. The van der Waals surface area contributed by atoms with Crippen molar-refractivity contribution < 1.29 is 13.3 Å². The number of hydrogen-bond donors (Lipinski definition) is 0. The van der Waals surface area contributed by atoms with Gasteiger partial charge in [-0.05, 0) is 73.2 Å². The van der Waals surface area contributed by atoms with Crippen LogP contribution in [0.3, 0.4) is 0 Å². The molecule has 0 fully saturated rings. The van der Waals surface area contributed by atoms with Gasteiger partial charge in [-0.1, -0.05) is 186 Å². The number of nitrogens with zero attached hydrogens (tertiary/aromatic N) is 2. The third-order valence-electron chi connectivity index (χ3n) is 14.6. The van der Waals surface area contributed by atoms with E-state index in [4.69, 9.17) is 13.3 Å². The first kappa shape index (κ1) is 42.8. The van der Waals surface area contributed by atoms with Crippen molar-refractivity contribution in [1.82, 2.24) is 0 Å².